The summed E-state index contributed by atoms with van der Waals surface area (Å²) in [6, 6.07) is 0. The van der Waals surface area contributed by atoms with E-state index in [0.29, 0.717) is 6.42 Å². The highest BCUT2D eigenvalue weighted by molar-refractivity contribution is 5.87. The number of carboxylic acid groups (broad SMARTS) is 1. The molecule has 0 aromatic carbocycles. The number of unbranched alkanes of at least 4 members (excludes halogenated alkanes) is 10. The third-order valence-corrected chi connectivity index (χ3v) is 4.40. The Morgan fingerprint density at radius 2 is 1.28 bits per heavy atom. The van der Waals surface area contributed by atoms with E-state index in [-0.39, 0.29) is 18.8 Å². The summed E-state index contributed by atoms with van der Waals surface area (Å²) in [5.74, 6) is -2.67. The Morgan fingerprint density at radius 1 is 0.800 bits per heavy atom. The lowest BCUT2D eigenvalue weighted by Crippen LogP contribution is -2.19. The third kappa shape index (κ3) is 15.9. The molecule has 0 saturated heterocycles. The number of hydrogen-bond donors (Lipinski definition) is 1. The predicted molar refractivity (Wildman–Crippen MR) is 98.2 cm³/mol. The average Bonchev–Trinajstić information content (AvgIpc) is 2.57. The summed E-state index contributed by atoms with van der Waals surface area (Å²) in [5.41, 5.74) is 0. The van der Waals surface area contributed by atoms with Crippen molar-refractivity contribution in [3.05, 3.63) is 0 Å². The zero-order valence-electron chi connectivity index (χ0n) is 16.1. The van der Waals surface area contributed by atoms with E-state index in [0.717, 1.165) is 12.8 Å². The number of hydrogen-bond acceptors (Lipinski definition) is 4. The smallest absolute Gasteiger partial charge is 0.316 e. The van der Waals surface area contributed by atoms with E-state index in [9.17, 15) is 14.4 Å². The monoisotopic (exact) mass is 356 g/mol. The van der Waals surface area contributed by atoms with Gasteiger partial charge in [0.05, 0.1) is 18.8 Å². The average molecular weight is 357 g/mol. The summed E-state index contributed by atoms with van der Waals surface area (Å²) < 4.78 is 4.67. The van der Waals surface area contributed by atoms with Crippen LogP contribution in [0.4, 0.5) is 0 Å². The summed E-state index contributed by atoms with van der Waals surface area (Å²) in [5, 5.41) is 8.48. The first-order valence-corrected chi connectivity index (χ1v) is 9.93. The predicted octanol–water partition coefficient (Wildman–Crippen LogP) is 5.26. The molecular weight excluding hydrogens is 320 g/mol. The van der Waals surface area contributed by atoms with Crippen LogP contribution in [-0.2, 0) is 19.1 Å². The number of carbonyl (C=O) groups excluding carboxylic acids is 2. The zero-order valence-corrected chi connectivity index (χ0v) is 16.1. The van der Waals surface area contributed by atoms with Crippen molar-refractivity contribution in [2.24, 2.45) is 5.92 Å². The molecule has 0 bridgehead atoms. The van der Waals surface area contributed by atoms with Crippen molar-refractivity contribution >= 4 is 17.9 Å². The highest BCUT2D eigenvalue weighted by atomic mass is 16.6. The van der Waals surface area contributed by atoms with Gasteiger partial charge in [-0.05, 0) is 6.42 Å². The van der Waals surface area contributed by atoms with Crippen LogP contribution in [0, 0.1) is 5.92 Å². The highest BCUT2D eigenvalue weighted by Crippen LogP contribution is 2.15. The molecule has 0 aromatic rings. The minimum absolute atomic E-state index is 0.258. The van der Waals surface area contributed by atoms with Crippen LogP contribution in [0.5, 0.6) is 0 Å². The molecule has 0 amide bonds. The van der Waals surface area contributed by atoms with Gasteiger partial charge in [0.25, 0.3) is 0 Å². The molecule has 0 aliphatic rings. The van der Waals surface area contributed by atoms with Crippen LogP contribution in [0.25, 0.3) is 0 Å². The van der Waals surface area contributed by atoms with Crippen molar-refractivity contribution in [3.8, 4) is 0 Å². The normalized spacial score (nSPS) is 11.9. The Labute approximate surface area is 152 Å². The number of esters is 2. The first-order valence-electron chi connectivity index (χ1n) is 9.93. The van der Waals surface area contributed by atoms with Gasteiger partial charge in [-0.2, -0.15) is 0 Å². The second-order valence-electron chi connectivity index (χ2n) is 6.91. The van der Waals surface area contributed by atoms with Gasteiger partial charge in [-0.3, -0.25) is 14.4 Å². The second kappa shape index (κ2) is 16.1. The standard InChI is InChI=1S/C20H36O5/c1-3-4-5-6-7-8-9-10-11-12-13-14-17(2)20(24)25-19(23)16-15-18(21)22/h17H,3-16H2,1-2H3,(H,21,22). The SMILES string of the molecule is CCCCCCCCCCCCCC(C)C(=O)OC(=O)CCC(=O)O. The molecule has 0 heterocycles. The van der Waals surface area contributed by atoms with Gasteiger partial charge in [0.1, 0.15) is 0 Å². The fourth-order valence-electron chi connectivity index (χ4n) is 2.71. The highest BCUT2D eigenvalue weighted by Gasteiger charge is 2.18. The van der Waals surface area contributed by atoms with Crippen molar-refractivity contribution in [2.45, 2.75) is 104 Å². The molecule has 1 N–H and O–H groups in total. The fraction of sp³-hybridized carbons (Fsp3) is 0.850. The Balaban J connectivity index is 3.50. The lowest BCUT2D eigenvalue weighted by molar-refractivity contribution is -0.163. The molecule has 0 spiro atoms. The van der Waals surface area contributed by atoms with Crippen molar-refractivity contribution < 1.29 is 24.2 Å². The molecule has 0 saturated carbocycles. The zero-order chi connectivity index (χ0) is 18.9. The van der Waals surface area contributed by atoms with Gasteiger partial charge in [0.15, 0.2) is 0 Å². The van der Waals surface area contributed by atoms with Gasteiger partial charge in [-0.25, -0.2) is 0 Å². The molecule has 0 aromatic heterocycles. The number of rotatable bonds is 16. The molecule has 146 valence electrons. The van der Waals surface area contributed by atoms with Crippen LogP contribution >= 0.6 is 0 Å². The number of aliphatic carboxylic acids is 1. The van der Waals surface area contributed by atoms with Gasteiger partial charge in [-0.15, -0.1) is 0 Å². The third-order valence-electron chi connectivity index (χ3n) is 4.40. The number of carboxylic acids is 1. The van der Waals surface area contributed by atoms with Crippen LogP contribution in [0.3, 0.4) is 0 Å². The Morgan fingerprint density at radius 3 is 1.76 bits per heavy atom. The van der Waals surface area contributed by atoms with E-state index in [4.69, 9.17) is 5.11 Å². The fourth-order valence-corrected chi connectivity index (χ4v) is 2.71. The van der Waals surface area contributed by atoms with E-state index in [2.05, 4.69) is 11.7 Å². The van der Waals surface area contributed by atoms with E-state index in [1.54, 1.807) is 6.92 Å². The maximum atomic E-state index is 11.7. The van der Waals surface area contributed by atoms with Gasteiger partial charge < -0.3 is 9.84 Å². The molecule has 0 fully saturated rings. The van der Waals surface area contributed by atoms with E-state index < -0.39 is 17.9 Å². The maximum Gasteiger partial charge on any atom is 0.316 e. The number of ether oxygens (including phenoxy) is 1. The second-order valence-corrected chi connectivity index (χ2v) is 6.91. The maximum absolute atomic E-state index is 11.7. The molecule has 0 aliphatic carbocycles. The van der Waals surface area contributed by atoms with Crippen LogP contribution in [0.2, 0.25) is 0 Å². The Kier molecular flexibility index (Phi) is 15.2. The lowest BCUT2D eigenvalue weighted by Gasteiger charge is -2.10. The van der Waals surface area contributed by atoms with E-state index in [1.165, 1.54) is 57.8 Å². The molecule has 1 unspecified atom stereocenters. The van der Waals surface area contributed by atoms with E-state index >= 15 is 0 Å². The van der Waals surface area contributed by atoms with Crippen LogP contribution < -0.4 is 0 Å². The largest absolute Gasteiger partial charge is 0.481 e. The molecule has 1 atom stereocenters. The summed E-state index contributed by atoms with van der Waals surface area (Å²) in [7, 11) is 0. The van der Waals surface area contributed by atoms with E-state index in [1.807, 2.05) is 0 Å². The van der Waals surface area contributed by atoms with Crippen molar-refractivity contribution in [1.82, 2.24) is 0 Å². The van der Waals surface area contributed by atoms with Crippen LogP contribution in [0.15, 0.2) is 0 Å². The van der Waals surface area contributed by atoms with Gasteiger partial charge >= 0.3 is 17.9 Å². The minimum Gasteiger partial charge on any atom is -0.481 e. The lowest BCUT2D eigenvalue weighted by atomic mass is 10.0. The number of carbonyl (C=O) groups is 3. The van der Waals surface area contributed by atoms with Crippen LogP contribution in [-0.4, -0.2) is 23.0 Å². The van der Waals surface area contributed by atoms with Gasteiger partial charge in [0.2, 0.25) is 0 Å². The molecule has 0 radical (unpaired) electrons. The molecule has 25 heavy (non-hydrogen) atoms. The first kappa shape index (κ1) is 23.6. The quantitative estimate of drug-likeness (QED) is 0.232. The summed E-state index contributed by atoms with van der Waals surface area (Å²) in [6.45, 7) is 3.99. The van der Waals surface area contributed by atoms with Gasteiger partial charge in [0, 0.05) is 0 Å². The summed E-state index contributed by atoms with van der Waals surface area (Å²) in [6.07, 6.45) is 14.0. The summed E-state index contributed by atoms with van der Waals surface area (Å²) in [4.78, 5) is 33.4. The van der Waals surface area contributed by atoms with Crippen molar-refractivity contribution in [1.29, 1.82) is 0 Å². The minimum atomic E-state index is -1.07. The summed E-state index contributed by atoms with van der Waals surface area (Å²) >= 11 is 0. The topological polar surface area (TPSA) is 80.7 Å². The molecule has 5 nitrogen and oxygen atoms in total. The van der Waals surface area contributed by atoms with Crippen molar-refractivity contribution in [3.63, 3.8) is 0 Å². The molecule has 0 aliphatic heterocycles. The van der Waals surface area contributed by atoms with Crippen molar-refractivity contribution in [2.75, 3.05) is 0 Å². The first-order chi connectivity index (χ1) is 12.0. The molecular formula is C20H36O5. The van der Waals surface area contributed by atoms with Gasteiger partial charge in [-0.1, -0.05) is 84.5 Å². The Bertz CT molecular complexity index is 378. The Hall–Kier alpha value is -1.39. The van der Waals surface area contributed by atoms with Crippen LogP contribution in [0.1, 0.15) is 104 Å². The molecule has 5 heteroatoms. The molecule has 0 rings (SSSR count).